The number of carboxylic acid groups (broad SMARTS) is 1. The standard InChI is InChI=1S/C21H29N3O3.CH2O2/c1-4-24-15-22-13-17(24)14-23-8-6-21(7-9-23)18-12-20(26-3)19(25-2)11-16(18)5-10-27-21;2-1-3/h11-13,15H,4-10,14H2,1-3H3;1H,(H,2,3). The van der Waals surface area contributed by atoms with E-state index in [1.54, 1.807) is 14.2 Å². The third-order valence-electron chi connectivity index (χ3n) is 6.04. The van der Waals surface area contributed by atoms with Gasteiger partial charge in [-0.05, 0) is 49.4 Å². The number of piperidine rings is 1. The van der Waals surface area contributed by atoms with E-state index >= 15 is 0 Å². The van der Waals surface area contributed by atoms with Crippen LogP contribution in [0.4, 0.5) is 0 Å². The second-order valence-corrected chi connectivity index (χ2v) is 7.51. The first-order valence-electron chi connectivity index (χ1n) is 10.3. The number of fused-ring (bicyclic) bond motifs is 2. The molecule has 1 N–H and O–H groups in total. The van der Waals surface area contributed by atoms with Crippen LogP contribution < -0.4 is 9.47 Å². The molecule has 0 bridgehead atoms. The quantitative estimate of drug-likeness (QED) is 0.749. The Hall–Kier alpha value is -2.58. The van der Waals surface area contributed by atoms with E-state index in [2.05, 4.69) is 33.5 Å². The second-order valence-electron chi connectivity index (χ2n) is 7.51. The first-order valence-corrected chi connectivity index (χ1v) is 10.3. The fourth-order valence-electron chi connectivity index (χ4n) is 4.47. The number of rotatable bonds is 5. The number of imidazole rings is 1. The highest BCUT2D eigenvalue weighted by Gasteiger charge is 2.41. The molecule has 0 saturated carbocycles. The van der Waals surface area contributed by atoms with Crippen LogP contribution >= 0.6 is 0 Å². The largest absolute Gasteiger partial charge is 0.493 e. The van der Waals surface area contributed by atoms with E-state index in [0.717, 1.165) is 63.5 Å². The van der Waals surface area contributed by atoms with Crippen molar-refractivity contribution in [2.45, 2.75) is 44.9 Å². The number of carbonyl (C=O) groups is 1. The zero-order chi connectivity index (χ0) is 21.6. The number of nitrogens with zero attached hydrogens (tertiary/aromatic N) is 3. The summed E-state index contributed by atoms with van der Waals surface area (Å²) in [5, 5.41) is 6.89. The summed E-state index contributed by atoms with van der Waals surface area (Å²) in [6.45, 7) is 6.62. The van der Waals surface area contributed by atoms with Crippen molar-refractivity contribution in [2.24, 2.45) is 0 Å². The number of hydrogen-bond acceptors (Lipinski definition) is 6. The number of methoxy groups -OCH3 is 2. The molecule has 2 aromatic rings. The predicted octanol–water partition coefficient (Wildman–Crippen LogP) is 2.69. The van der Waals surface area contributed by atoms with Crippen LogP contribution in [0, 0.1) is 0 Å². The minimum absolute atomic E-state index is 0.200. The zero-order valence-corrected chi connectivity index (χ0v) is 18.0. The molecule has 2 aliphatic rings. The topological polar surface area (TPSA) is 86.0 Å². The summed E-state index contributed by atoms with van der Waals surface area (Å²) in [5.41, 5.74) is 3.69. The lowest BCUT2D eigenvalue weighted by atomic mass is 9.79. The third-order valence-corrected chi connectivity index (χ3v) is 6.04. The van der Waals surface area contributed by atoms with Gasteiger partial charge in [0, 0.05) is 32.4 Å². The fraction of sp³-hybridized carbons (Fsp3) is 0.545. The molecule has 164 valence electrons. The van der Waals surface area contributed by atoms with E-state index in [0.29, 0.717) is 0 Å². The van der Waals surface area contributed by atoms with Gasteiger partial charge in [-0.2, -0.15) is 0 Å². The molecule has 0 atom stereocenters. The lowest BCUT2D eigenvalue weighted by Crippen LogP contribution is -2.46. The van der Waals surface area contributed by atoms with Crippen molar-refractivity contribution < 1.29 is 24.1 Å². The molecule has 0 aliphatic carbocycles. The van der Waals surface area contributed by atoms with Gasteiger partial charge in [0.15, 0.2) is 11.5 Å². The van der Waals surface area contributed by atoms with Crippen molar-refractivity contribution in [1.29, 1.82) is 0 Å². The summed E-state index contributed by atoms with van der Waals surface area (Å²) >= 11 is 0. The molecule has 1 saturated heterocycles. The molecular weight excluding hydrogens is 386 g/mol. The van der Waals surface area contributed by atoms with Gasteiger partial charge in [0.05, 0.1) is 38.4 Å². The predicted molar refractivity (Wildman–Crippen MR) is 112 cm³/mol. The normalized spacial score (nSPS) is 17.6. The number of benzene rings is 1. The van der Waals surface area contributed by atoms with E-state index in [4.69, 9.17) is 24.1 Å². The minimum Gasteiger partial charge on any atom is -0.493 e. The molecule has 1 fully saturated rings. The van der Waals surface area contributed by atoms with E-state index in [1.807, 2.05) is 12.5 Å². The fourth-order valence-corrected chi connectivity index (χ4v) is 4.47. The van der Waals surface area contributed by atoms with Crippen molar-refractivity contribution in [3.05, 3.63) is 41.5 Å². The molecule has 1 aromatic heterocycles. The number of ether oxygens (including phenoxy) is 3. The van der Waals surface area contributed by atoms with Gasteiger partial charge >= 0.3 is 0 Å². The number of aryl methyl sites for hydroxylation is 1. The molecule has 8 nitrogen and oxygen atoms in total. The highest BCUT2D eigenvalue weighted by atomic mass is 16.5. The molecule has 8 heteroatoms. The molecule has 0 unspecified atom stereocenters. The van der Waals surface area contributed by atoms with E-state index in [-0.39, 0.29) is 12.1 Å². The van der Waals surface area contributed by atoms with Gasteiger partial charge in [0.2, 0.25) is 0 Å². The molecule has 4 rings (SSSR count). The van der Waals surface area contributed by atoms with Crippen LogP contribution in [0.25, 0.3) is 0 Å². The van der Waals surface area contributed by atoms with Crippen LogP contribution in [-0.2, 0) is 34.6 Å². The Morgan fingerprint density at radius 3 is 2.53 bits per heavy atom. The van der Waals surface area contributed by atoms with Crippen LogP contribution in [0.5, 0.6) is 11.5 Å². The first kappa shape index (κ1) is 22.1. The van der Waals surface area contributed by atoms with Crippen molar-refractivity contribution in [3.63, 3.8) is 0 Å². The summed E-state index contributed by atoms with van der Waals surface area (Å²) in [7, 11) is 3.39. The molecule has 0 radical (unpaired) electrons. The molecular formula is C22H31N3O5. The van der Waals surface area contributed by atoms with Crippen molar-refractivity contribution >= 4 is 6.47 Å². The average Bonchev–Trinajstić information content (AvgIpc) is 3.22. The van der Waals surface area contributed by atoms with Gasteiger partial charge in [-0.15, -0.1) is 0 Å². The Bertz CT molecular complexity index is 843. The van der Waals surface area contributed by atoms with Crippen molar-refractivity contribution in [3.8, 4) is 11.5 Å². The maximum absolute atomic E-state index is 8.36. The summed E-state index contributed by atoms with van der Waals surface area (Å²) in [6, 6.07) is 4.26. The first-order chi connectivity index (χ1) is 14.6. The second kappa shape index (κ2) is 9.95. The molecule has 3 heterocycles. The lowest BCUT2D eigenvalue weighted by molar-refractivity contribution is -0.122. The summed E-state index contributed by atoms with van der Waals surface area (Å²) in [4.78, 5) is 15.2. The van der Waals surface area contributed by atoms with Gasteiger partial charge in [-0.3, -0.25) is 9.69 Å². The monoisotopic (exact) mass is 417 g/mol. The lowest BCUT2D eigenvalue weighted by Gasteiger charge is -2.45. The Morgan fingerprint density at radius 2 is 1.90 bits per heavy atom. The molecule has 30 heavy (non-hydrogen) atoms. The maximum atomic E-state index is 8.36. The molecule has 1 aromatic carbocycles. The Labute approximate surface area is 177 Å². The Balaban J connectivity index is 0.000000806. The number of hydrogen-bond donors (Lipinski definition) is 1. The minimum atomic E-state index is -0.250. The summed E-state index contributed by atoms with van der Waals surface area (Å²) in [6.07, 6.45) is 6.82. The zero-order valence-electron chi connectivity index (χ0n) is 18.0. The average molecular weight is 418 g/mol. The highest BCUT2D eigenvalue weighted by molar-refractivity contribution is 5.50. The Kier molecular flexibility index (Phi) is 7.33. The van der Waals surface area contributed by atoms with Crippen LogP contribution in [0.2, 0.25) is 0 Å². The molecule has 2 aliphatic heterocycles. The van der Waals surface area contributed by atoms with Gasteiger partial charge in [-0.1, -0.05) is 0 Å². The van der Waals surface area contributed by atoms with Gasteiger partial charge < -0.3 is 23.9 Å². The smallest absolute Gasteiger partial charge is 0.290 e. The van der Waals surface area contributed by atoms with Crippen molar-refractivity contribution in [1.82, 2.24) is 14.5 Å². The Morgan fingerprint density at radius 1 is 1.23 bits per heavy atom. The third kappa shape index (κ3) is 4.44. The van der Waals surface area contributed by atoms with Gasteiger partial charge in [0.1, 0.15) is 0 Å². The van der Waals surface area contributed by atoms with Crippen molar-refractivity contribution in [2.75, 3.05) is 33.9 Å². The van der Waals surface area contributed by atoms with Crippen LogP contribution in [0.1, 0.15) is 36.6 Å². The van der Waals surface area contributed by atoms with E-state index in [9.17, 15) is 0 Å². The van der Waals surface area contributed by atoms with Crippen LogP contribution in [-0.4, -0.2) is 59.9 Å². The van der Waals surface area contributed by atoms with Gasteiger partial charge in [0.25, 0.3) is 6.47 Å². The van der Waals surface area contributed by atoms with Crippen LogP contribution in [0.15, 0.2) is 24.7 Å². The van der Waals surface area contributed by atoms with E-state index in [1.165, 1.54) is 16.8 Å². The summed E-state index contributed by atoms with van der Waals surface area (Å²) < 4.78 is 19.7. The maximum Gasteiger partial charge on any atom is 0.290 e. The van der Waals surface area contributed by atoms with E-state index < -0.39 is 0 Å². The van der Waals surface area contributed by atoms with Crippen LogP contribution in [0.3, 0.4) is 0 Å². The SMILES string of the molecule is CCn1cncc1CN1CCC2(CC1)OCCc1cc(OC)c(OC)cc12.O=CO. The number of aromatic nitrogens is 2. The van der Waals surface area contributed by atoms with Gasteiger partial charge in [-0.25, -0.2) is 4.98 Å². The molecule has 0 amide bonds. The number of likely N-dealkylation sites (tertiary alicyclic amines) is 1. The summed E-state index contributed by atoms with van der Waals surface area (Å²) in [5.74, 6) is 1.59. The molecule has 1 spiro atoms. The highest BCUT2D eigenvalue weighted by Crippen LogP contribution is 2.45.